The SMILES string of the molecule is O=C(C1CCCC1)N1CCc2nc(C3CCCCN3C(=O)C3CCC3)[nH]c(=O)c2C1. The van der Waals surface area contributed by atoms with E-state index in [1.54, 1.807) is 0 Å². The Hall–Kier alpha value is -2.18. The molecule has 0 spiro atoms. The number of carbonyl (C=O) groups is 2. The number of hydrogen-bond donors (Lipinski definition) is 1. The van der Waals surface area contributed by atoms with Crippen LogP contribution in [0.2, 0.25) is 0 Å². The van der Waals surface area contributed by atoms with Gasteiger partial charge in [0.25, 0.3) is 5.56 Å². The summed E-state index contributed by atoms with van der Waals surface area (Å²) in [7, 11) is 0. The van der Waals surface area contributed by atoms with Crippen molar-refractivity contribution in [2.75, 3.05) is 13.1 Å². The van der Waals surface area contributed by atoms with Gasteiger partial charge in [-0.05, 0) is 44.9 Å². The number of aromatic nitrogens is 2. The number of rotatable bonds is 3. The zero-order chi connectivity index (χ0) is 20.7. The lowest BCUT2D eigenvalue weighted by Crippen LogP contribution is -2.45. The summed E-state index contributed by atoms with van der Waals surface area (Å²) in [6.45, 7) is 1.75. The average molecular weight is 413 g/mol. The van der Waals surface area contributed by atoms with Gasteiger partial charge >= 0.3 is 0 Å². The van der Waals surface area contributed by atoms with E-state index in [4.69, 9.17) is 4.98 Å². The van der Waals surface area contributed by atoms with Crippen LogP contribution < -0.4 is 5.56 Å². The molecular formula is C23H32N4O3. The topological polar surface area (TPSA) is 86.4 Å². The second kappa shape index (κ2) is 8.16. The molecule has 5 rings (SSSR count). The summed E-state index contributed by atoms with van der Waals surface area (Å²) in [5.74, 6) is 1.36. The Morgan fingerprint density at radius 3 is 2.30 bits per heavy atom. The van der Waals surface area contributed by atoms with Crippen LogP contribution in [0.25, 0.3) is 0 Å². The van der Waals surface area contributed by atoms with Gasteiger partial charge in [0.05, 0.1) is 23.8 Å². The number of H-pyrrole nitrogens is 1. The number of hydrogen-bond acceptors (Lipinski definition) is 4. The Kier molecular flexibility index (Phi) is 5.37. The van der Waals surface area contributed by atoms with Crippen LogP contribution in [0.5, 0.6) is 0 Å². The molecule has 7 heteroatoms. The zero-order valence-corrected chi connectivity index (χ0v) is 17.7. The summed E-state index contributed by atoms with van der Waals surface area (Å²) >= 11 is 0. The molecule has 3 heterocycles. The lowest BCUT2D eigenvalue weighted by molar-refractivity contribution is -0.142. The number of aromatic amines is 1. The second-order valence-electron chi connectivity index (χ2n) is 9.54. The molecule has 30 heavy (non-hydrogen) atoms. The third kappa shape index (κ3) is 3.56. The highest BCUT2D eigenvalue weighted by Crippen LogP contribution is 2.35. The van der Waals surface area contributed by atoms with E-state index < -0.39 is 0 Å². The number of nitrogens with one attached hydrogen (secondary N) is 1. The van der Waals surface area contributed by atoms with Crippen LogP contribution in [0.15, 0.2) is 4.79 Å². The number of carbonyl (C=O) groups excluding carboxylic acids is 2. The minimum Gasteiger partial charge on any atom is -0.337 e. The molecule has 1 saturated heterocycles. The molecule has 2 saturated carbocycles. The van der Waals surface area contributed by atoms with Gasteiger partial charge in [0.1, 0.15) is 5.82 Å². The first kappa shape index (κ1) is 19.8. The van der Waals surface area contributed by atoms with E-state index in [2.05, 4.69) is 4.98 Å². The maximum Gasteiger partial charge on any atom is 0.256 e. The summed E-state index contributed by atoms with van der Waals surface area (Å²) in [5, 5.41) is 0. The van der Waals surface area contributed by atoms with E-state index in [9.17, 15) is 14.4 Å². The first-order valence-corrected chi connectivity index (χ1v) is 11.8. The Morgan fingerprint density at radius 2 is 1.57 bits per heavy atom. The molecule has 0 bridgehead atoms. The van der Waals surface area contributed by atoms with Crippen LogP contribution in [-0.4, -0.2) is 44.7 Å². The van der Waals surface area contributed by atoms with Crippen molar-refractivity contribution >= 4 is 11.8 Å². The first-order valence-electron chi connectivity index (χ1n) is 11.8. The minimum atomic E-state index is -0.138. The van der Waals surface area contributed by atoms with Crippen molar-refractivity contribution in [2.45, 2.75) is 83.2 Å². The lowest BCUT2D eigenvalue weighted by atomic mass is 9.83. The Labute approximate surface area is 177 Å². The fourth-order valence-electron chi connectivity index (χ4n) is 5.59. The van der Waals surface area contributed by atoms with Crippen molar-refractivity contribution in [3.63, 3.8) is 0 Å². The predicted octanol–water partition coefficient (Wildman–Crippen LogP) is 2.70. The Morgan fingerprint density at radius 1 is 0.867 bits per heavy atom. The highest BCUT2D eigenvalue weighted by molar-refractivity contribution is 5.80. The zero-order valence-electron chi connectivity index (χ0n) is 17.7. The number of nitrogens with zero attached hydrogens (tertiary/aromatic N) is 3. The van der Waals surface area contributed by atoms with Crippen LogP contribution in [0, 0.1) is 11.8 Å². The molecule has 1 N–H and O–H groups in total. The summed E-state index contributed by atoms with van der Waals surface area (Å²) in [6, 6.07) is -0.122. The van der Waals surface area contributed by atoms with Crippen molar-refractivity contribution in [3.05, 3.63) is 27.4 Å². The van der Waals surface area contributed by atoms with Crippen molar-refractivity contribution in [1.82, 2.24) is 19.8 Å². The van der Waals surface area contributed by atoms with Crippen molar-refractivity contribution in [2.24, 2.45) is 11.8 Å². The van der Waals surface area contributed by atoms with E-state index >= 15 is 0 Å². The van der Waals surface area contributed by atoms with Gasteiger partial charge in [0, 0.05) is 31.3 Å². The summed E-state index contributed by atoms with van der Waals surface area (Å²) in [6.07, 6.45) is 10.9. The quantitative estimate of drug-likeness (QED) is 0.827. The second-order valence-corrected chi connectivity index (χ2v) is 9.54. The predicted molar refractivity (Wildman–Crippen MR) is 112 cm³/mol. The standard InChI is InChI=1S/C23H32N4O3/c28-21-17-14-26(22(29)15-6-1-2-7-15)13-11-18(17)24-20(25-21)19-10-3-4-12-27(19)23(30)16-8-5-9-16/h15-16,19H,1-14H2,(H,24,25,28). The maximum atomic E-state index is 13.0. The molecule has 162 valence electrons. The molecular weight excluding hydrogens is 380 g/mol. The molecule has 3 fully saturated rings. The van der Waals surface area contributed by atoms with Crippen molar-refractivity contribution in [1.29, 1.82) is 0 Å². The van der Waals surface area contributed by atoms with Crippen LogP contribution >= 0.6 is 0 Å². The van der Waals surface area contributed by atoms with Gasteiger partial charge in [-0.3, -0.25) is 14.4 Å². The van der Waals surface area contributed by atoms with Crippen molar-refractivity contribution < 1.29 is 9.59 Å². The molecule has 4 aliphatic rings. The molecule has 2 aliphatic heterocycles. The number of fused-ring (bicyclic) bond motifs is 1. The van der Waals surface area contributed by atoms with Gasteiger partial charge in [0.2, 0.25) is 11.8 Å². The highest BCUT2D eigenvalue weighted by Gasteiger charge is 2.37. The molecule has 2 amide bonds. The van der Waals surface area contributed by atoms with Crippen LogP contribution in [0.3, 0.4) is 0 Å². The minimum absolute atomic E-state index is 0.122. The highest BCUT2D eigenvalue weighted by atomic mass is 16.2. The lowest BCUT2D eigenvalue weighted by Gasteiger charge is -2.39. The molecule has 7 nitrogen and oxygen atoms in total. The van der Waals surface area contributed by atoms with Crippen LogP contribution in [0.4, 0.5) is 0 Å². The maximum absolute atomic E-state index is 13.0. The number of piperidine rings is 1. The van der Waals surface area contributed by atoms with Crippen molar-refractivity contribution in [3.8, 4) is 0 Å². The van der Waals surface area contributed by atoms with E-state index in [0.717, 1.165) is 76.4 Å². The van der Waals surface area contributed by atoms with Gasteiger partial charge < -0.3 is 14.8 Å². The fraction of sp³-hybridized carbons (Fsp3) is 0.739. The Balaban J connectivity index is 1.36. The van der Waals surface area contributed by atoms with Gasteiger partial charge in [-0.15, -0.1) is 0 Å². The monoisotopic (exact) mass is 412 g/mol. The third-order valence-electron chi connectivity index (χ3n) is 7.66. The normalized spacial score (nSPS) is 25.1. The molecule has 1 unspecified atom stereocenters. The van der Waals surface area contributed by atoms with Crippen LogP contribution in [0.1, 0.15) is 87.3 Å². The van der Waals surface area contributed by atoms with Crippen LogP contribution in [-0.2, 0) is 22.6 Å². The molecule has 1 atom stereocenters. The van der Waals surface area contributed by atoms with Gasteiger partial charge in [0.15, 0.2) is 0 Å². The molecule has 2 aliphatic carbocycles. The Bertz CT molecular complexity index is 885. The summed E-state index contributed by atoms with van der Waals surface area (Å²) < 4.78 is 0. The molecule has 0 radical (unpaired) electrons. The number of likely N-dealkylation sites (tertiary alicyclic amines) is 1. The van der Waals surface area contributed by atoms with Gasteiger partial charge in [-0.2, -0.15) is 0 Å². The fourth-order valence-corrected chi connectivity index (χ4v) is 5.59. The largest absolute Gasteiger partial charge is 0.337 e. The van der Waals surface area contributed by atoms with Gasteiger partial charge in [-0.25, -0.2) is 4.98 Å². The average Bonchev–Trinajstić information content (AvgIpc) is 3.26. The molecule has 0 aromatic carbocycles. The summed E-state index contributed by atoms with van der Waals surface area (Å²) in [5.41, 5.74) is 1.30. The smallest absolute Gasteiger partial charge is 0.256 e. The van der Waals surface area contributed by atoms with E-state index in [1.807, 2.05) is 9.80 Å². The summed E-state index contributed by atoms with van der Waals surface area (Å²) in [4.78, 5) is 50.4. The molecule has 1 aromatic rings. The van der Waals surface area contributed by atoms with E-state index in [-0.39, 0.29) is 35.3 Å². The number of amides is 2. The third-order valence-corrected chi connectivity index (χ3v) is 7.66. The first-order chi connectivity index (χ1) is 14.6. The molecule has 1 aromatic heterocycles. The van der Waals surface area contributed by atoms with Gasteiger partial charge in [-0.1, -0.05) is 19.3 Å². The van der Waals surface area contributed by atoms with E-state index in [0.29, 0.717) is 30.9 Å². The van der Waals surface area contributed by atoms with E-state index in [1.165, 1.54) is 0 Å².